The Kier molecular flexibility index (Phi) is 10.1. The SMILES string of the molecule is CC(NC(=O)[C@@H]1C[C@@H](C(C)(C)C)CCN1C(=O)C(NC(=O)NCC(=O)N(C)C1CC1)C(C)(C)C)C(=O)C(N)=O. The van der Waals surface area contributed by atoms with Gasteiger partial charge in [-0.05, 0) is 49.4 Å². The number of likely N-dealkylation sites (N-methyl/N-ethyl adjacent to an activating group) is 1. The van der Waals surface area contributed by atoms with Gasteiger partial charge < -0.3 is 31.5 Å². The molecule has 2 fully saturated rings. The lowest BCUT2D eigenvalue weighted by atomic mass is 9.72. The highest BCUT2D eigenvalue weighted by Crippen LogP contribution is 2.38. The number of urea groups is 1. The van der Waals surface area contributed by atoms with Crippen LogP contribution in [0.3, 0.4) is 0 Å². The molecule has 12 heteroatoms. The van der Waals surface area contributed by atoms with Crippen LogP contribution < -0.4 is 21.7 Å². The molecule has 6 amide bonds. The highest BCUT2D eigenvalue weighted by atomic mass is 16.2. The molecular weight excluding hydrogens is 504 g/mol. The molecule has 4 atom stereocenters. The number of ketones is 1. The fourth-order valence-corrected chi connectivity index (χ4v) is 4.80. The summed E-state index contributed by atoms with van der Waals surface area (Å²) in [6.45, 7) is 13.0. The first-order valence-electron chi connectivity index (χ1n) is 13.6. The zero-order chi connectivity index (χ0) is 29.9. The van der Waals surface area contributed by atoms with Gasteiger partial charge in [0.25, 0.3) is 5.91 Å². The number of hydrogen-bond donors (Lipinski definition) is 4. The smallest absolute Gasteiger partial charge is 0.315 e. The number of likely N-dealkylation sites (tertiary alicyclic amines) is 1. The Bertz CT molecular complexity index is 980. The van der Waals surface area contributed by atoms with Crippen molar-refractivity contribution in [3.63, 3.8) is 0 Å². The summed E-state index contributed by atoms with van der Waals surface area (Å²) in [6, 6.07) is -3.50. The molecule has 220 valence electrons. The normalized spacial score (nSPS) is 21.3. The van der Waals surface area contributed by atoms with E-state index < -0.39 is 53.1 Å². The Morgan fingerprint density at radius 1 is 0.974 bits per heavy atom. The summed E-state index contributed by atoms with van der Waals surface area (Å²) in [5.74, 6) is -3.20. The second-order valence-corrected chi connectivity index (χ2v) is 13.0. The van der Waals surface area contributed by atoms with E-state index in [4.69, 9.17) is 5.73 Å². The number of Topliss-reactive ketones (excluding diaryl/α,β-unsaturated/α-hetero) is 1. The molecule has 1 heterocycles. The van der Waals surface area contributed by atoms with E-state index in [-0.39, 0.29) is 36.4 Å². The standard InChI is InChI=1S/C27H46N6O6/c1-15(20(35)22(28)36)30-23(37)18-13-16(26(2,3)4)11-12-33(18)24(38)21(27(5,6)7)31-25(39)29-14-19(34)32(8)17-9-10-17/h15-18,21H,9-14H2,1-8H3,(H2,28,36)(H,30,37)(H2,29,31,39)/t15?,16-,18-,21?/m0/s1. The Morgan fingerprint density at radius 2 is 1.56 bits per heavy atom. The average molecular weight is 551 g/mol. The summed E-state index contributed by atoms with van der Waals surface area (Å²) in [7, 11) is 1.70. The van der Waals surface area contributed by atoms with Crippen molar-refractivity contribution < 1.29 is 28.8 Å². The molecule has 1 saturated carbocycles. The number of carbonyl (C=O) groups is 6. The van der Waals surface area contributed by atoms with Crippen molar-refractivity contribution in [3.8, 4) is 0 Å². The summed E-state index contributed by atoms with van der Waals surface area (Å²) in [4.78, 5) is 78.7. The van der Waals surface area contributed by atoms with Crippen LogP contribution in [0.1, 0.15) is 74.1 Å². The van der Waals surface area contributed by atoms with E-state index in [0.29, 0.717) is 12.8 Å². The van der Waals surface area contributed by atoms with Crippen molar-refractivity contribution in [3.05, 3.63) is 0 Å². The number of nitrogens with zero attached hydrogens (tertiary/aromatic N) is 2. The number of hydrogen-bond acceptors (Lipinski definition) is 6. The van der Waals surface area contributed by atoms with Gasteiger partial charge in [-0.3, -0.25) is 24.0 Å². The molecule has 1 aliphatic heterocycles. The van der Waals surface area contributed by atoms with E-state index in [9.17, 15) is 28.8 Å². The second-order valence-electron chi connectivity index (χ2n) is 13.0. The minimum Gasteiger partial charge on any atom is -0.363 e. The van der Waals surface area contributed by atoms with Crippen molar-refractivity contribution in [1.82, 2.24) is 25.8 Å². The maximum absolute atomic E-state index is 13.9. The van der Waals surface area contributed by atoms with Gasteiger partial charge in [0, 0.05) is 19.6 Å². The van der Waals surface area contributed by atoms with Gasteiger partial charge in [0.2, 0.25) is 23.5 Å². The number of primary amides is 1. The van der Waals surface area contributed by atoms with Gasteiger partial charge in [0.15, 0.2) is 0 Å². The van der Waals surface area contributed by atoms with Gasteiger partial charge in [0.05, 0.1) is 12.6 Å². The lowest BCUT2D eigenvalue weighted by Gasteiger charge is -2.45. The minimum atomic E-state index is -1.16. The number of rotatable bonds is 9. The molecule has 1 saturated heterocycles. The summed E-state index contributed by atoms with van der Waals surface area (Å²) >= 11 is 0. The number of nitrogens with two attached hydrogens (primary N) is 1. The molecule has 5 N–H and O–H groups in total. The van der Waals surface area contributed by atoms with Gasteiger partial charge in [0.1, 0.15) is 12.1 Å². The predicted octanol–water partition coefficient (Wildman–Crippen LogP) is 0.534. The van der Waals surface area contributed by atoms with Crippen molar-refractivity contribution in [2.24, 2.45) is 22.5 Å². The summed E-state index contributed by atoms with van der Waals surface area (Å²) in [5, 5.41) is 7.79. The largest absolute Gasteiger partial charge is 0.363 e. The first kappa shape index (κ1) is 32.0. The van der Waals surface area contributed by atoms with E-state index in [2.05, 4.69) is 36.7 Å². The summed E-state index contributed by atoms with van der Waals surface area (Å²) in [6.07, 6.45) is 2.90. The summed E-state index contributed by atoms with van der Waals surface area (Å²) in [5.41, 5.74) is 4.23. The van der Waals surface area contributed by atoms with Crippen LogP contribution in [0.15, 0.2) is 0 Å². The van der Waals surface area contributed by atoms with E-state index in [1.807, 2.05) is 0 Å². The van der Waals surface area contributed by atoms with E-state index in [1.165, 1.54) is 11.8 Å². The Balaban J connectivity index is 2.21. The van der Waals surface area contributed by atoms with Crippen LogP contribution in [0.5, 0.6) is 0 Å². The maximum Gasteiger partial charge on any atom is 0.315 e. The van der Waals surface area contributed by atoms with Crippen LogP contribution >= 0.6 is 0 Å². The molecule has 1 aliphatic carbocycles. The molecule has 0 aromatic heterocycles. The predicted molar refractivity (Wildman–Crippen MR) is 145 cm³/mol. The Labute approximate surface area is 231 Å². The zero-order valence-electron chi connectivity index (χ0n) is 24.6. The summed E-state index contributed by atoms with van der Waals surface area (Å²) < 4.78 is 0. The number of piperidine rings is 1. The number of carbonyl (C=O) groups excluding carboxylic acids is 6. The minimum absolute atomic E-state index is 0.110. The lowest BCUT2D eigenvalue weighted by Crippen LogP contribution is -2.63. The number of nitrogens with one attached hydrogen (secondary N) is 3. The molecule has 0 bridgehead atoms. The zero-order valence-corrected chi connectivity index (χ0v) is 24.6. The third-order valence-electron chi connectivity index (χ3n) is 7.68. The quantitative estimate of drug-likeness (QED) is 0.305. The van der Waals surface area contributed by atoms with E-state index in [1.54, 1.807) is 32.7 Å². The van der Waals surface area contributed by atoms with E-state index >= 15 is 0 Å². The molecule has 2 aliphatic rings. The molecular formula is C27H46N6O6. The van der Waals surface area contributed by atoms with Gasteiger partial charge in [-0.2, -0.15) is 0 Å². The molecule has 0 aromatic rings. The molecule has 0 radical (unpaired) electrons. The van der Waals surface area contributed by atoms with Gasteiger partial charge in [-0.25, -0.2) is 4.79 Å². The van der Waals surface area contributed by atoms with Crippen LogP contribution in [-0.4, -0.2) is 89.5 Å². The molecule has 12 nitrogen and oxygen atoms in total. The third-order valence-corrected chi connectivity index (χ3v) is 7.68. The molecule has 2 rings (SSSR count). The van der Waals surface area contributed by atoms with Crippen molar-refractivity contribution in [1.29, 1.82) is 0 Å². The first-order chi connectivity index (χ1) is 17.8. The molecule has 2 unspecified atom stereocenters. The first-order valence-corrected chi connectivity index (χ1v) is 13.6. The van der Waals surface area contributed by atoms with Crippen LogP contribution in [0.4, 0.5) is 4.79 Å². The third kappa shape index (κ3) is 8.66. The topological polar surface area (TPSA) is 171 Å². The van der Waals surface area contributed by atoms with Gasteiger partial charge >= 0.3 is 6.03 Å². The van der Waals surface area contributed by atoms with Crippen LogP contribution in [0.25, 0.3) is 0 Å². The monoisotopic (exact) mass is 550 g/mol. The second kappa shape index (κ2) is 12.3. The van der Waals surface area contributed by atoms with Crippen LogP contribution in [0, 0.1) is 16.7 Å². The highest BCUT2D eigenvalue weighted by molar-refractivity contribution is 6.37. The molecule has 39 heavy (non-hydrogen) atoms. The average Bonchev–Trinajstić information content (AvgIpc) is 3.68. The lowest BCUT2D eigenvalue weighted by molar-refractivity contribution is -0.148. The Hall–Kier alpha value is -3.18. The van der Waals surface area contributed by atoms with E-state index in [0.717, 1.165) is 12.8 Å². The number of amides is 6. The fourth-order valence-electron chi connectivity index (χ4n) is 4.80. The maximum atomic E-state index is 13.9. The molecule has 0 aromatic carbocycles. The van der Waals surface area contributed by atoms with Crippen molar-refractivity contribution in [2.75, 3.05) is 20.1 Å². The van der Waals surface area contributed by atoms with Crippen molar-refractivity contribution >= 4 is 35.4 Å². The van der Waals surface area contributed by atoms with Crippen molar-refractivity contribution in [2.45, 2.75) is 98.3 Å². The highest BCUT2D eigenvalue weighted by Gasteiger charge is 2.45. The fraction of sp³-hybridized carbons (Fsp3) is 0.778. The van der Waals surface area contributed by atoms with Gasteiger partial charge in [-0.1, -0.05) is 41.5 Å². The van der Waals surface area contributed by atoms with Crippen LogP contribution in [0.2, 0.25) is 0 Å². The van der Waals surface area contributed by atoms with Gasteiger partial charge in [-0.15, -0.1) is 0 Å². The molecule has 0 spiro atoms. The Morgan fingerprint density at radius 3 is 2.05 bits per heavy atom. The van der Waals surface area contributed by atoms with Crippen LogP contribution in [-0.2, 0) is 24.0 Å².